The number of nitrogen functional groups attached to an aromatic ring is 1. The Bertz CT molecular complexity index is 1590. The molecule has 5 N–H and O–H groups in total. The summed E-state index contributed by atoms with van der Waals surface area (Å²) in [6.45, 7) is 0. The van der Waals surface area contributed by atoms with Gasteiger partial charge in [0.15, 0.2) is 5.75 Å². The zero-order valence-electron chi connectivity index (χ0n) is 15.5. The number of anilines is 1. The average molecular weight is 503 g/mol. The van der Waals surface area contributed by atoms with Gasteiger partial charge in [-0.25, -0.2) is 4.79 Å². The van der Waals surface area contributed by atoms with Crippen LogP contribution in [0.3, 0.4) is 0 Å². The molecular weight excluding hydrogens is 490 g/mol. The first kappa shape index (κ1) is 23.4. The number of aromatic carboxylic acids is 1. The van der Waals surface area contributed by atoms with Crippen LogP contribution in [0.2, 0.25) is 0 Å². The summed E-state index contributed by atoms with van der Waals surface area (Å²) in [5.74, 6) is -2.06. The Morgan fingerprint density at radius 1 is 0.781 bits per heavy atom. The molecule has 3 rings (SSSR count). The first-order valence-corrected chi connectivity index (χ1v) is 12.5. The predicted octanol–water partition coefficient (Wildman–Crippen LogP) is 1.38. The first-order chi connectivity index (χ1) is 14.6. The van der Waals surface area contributed by atoms with Gasteiger partial charge in [-0.05, 0) is 42.5 Å². The highest BCUT2D eigenvalue weighted by atomic mass is 32.2. The molecule has 0 aliphatic carbocycles. The van der Waals surface area contributed by atoms with E-state index in [2.05, 4.69) is 0 Å². The lowest BCUT2D eigenvalue weighted by Gasteiger charge is -2.13. The third kappa shape index (κ3) is 4.51. The van der Waals surface area contributed by atoms with Crippen molar-refractivity contribution < 1.29 is 48.4 Å². The summed E-state index contributed by atoms with van der Waals surface area (Å²) in [4.78, 5) is 9.22. The summed E-state index contributed by atoms with van der Waals surface area (Å²) in [6, 6.07) is 6.90. The van der Waals surface area contributed by atoms with Gasteiger partial charge in [0.1, 0.15) is 9.79 Å². The van der Waals surface area contributed by atoms with Gasteiger partial charge in [-0.3, -0.25) is 9.11 Å². The molecule has 0 fully saturated rings. The summed E-state index contributed by atoms with van der Waals surface area (Å²) >= 11 is 0. The molecule has 0 aromatic heterocycles. The first-order valence-electron chi connectivity index (χ1n) is 8.20. The SMILES string of the molecule is Nc1ccc(S(=O)(=O)Oc2ccc(S(=O)(=O)O)c3ccc(S(=O)(=O)O)cc23)cc1C(=O)O. The number of nitrogens with two attached hydrogens (primary N) is 1. The number of carbonyl (C=O) groups is 1. The van der Waals surface area contributed by atoms with Crippen molar-refractivity contribution in [1.29, 1.82) is 0 Å². The fourth-order valence-electron chi connectivity index (χ4n) is 2.77. The van der Waals surface area contributed by atoms with E-state index >= 15 is 0 Å². The van der Waals surface area contributed by atoms with E-state index < -0.39 is 67.7 Å². The van der Waals surface area contributed by atoms with Crippen LogP contribution in [0, 0.1) is 0 Å². The highest BCUT2D eigenvalue weighted by Crippen LogP contribution is 2.34. The zero-order valence-corrected chi connectivity index (χ0v) is 18.0. The molecule has 32 heavy (non-hydrogen) atoms. The molecule has 0 aliphatic heterocycles. The van der Waals surface area contributed by atoms with E-state index in [0.717, 1.165) is 48.5 Å². The molecule has 15 heteroatoms. The summed E-state index contributed by atoms with van der Waals surface area (Å²) in [5.41, 5.74) is 4.77. The van der Waals surface area contributed by atoms with Crippen molar-refractivity contribution in [2.45, 2.75) is 14.7 Å². The van der Waals surface area contributed by atoms with Crippen LogP contribution in [0.25, 0.3) is 10.8 Å². The maximum atomic E-state index is 12.7. The molecule has 0 saturated heterocycles. The van der Waals surface area contributed by atoms with Crippen LogP contribution in [0.5, 0.6) is 5.75 Å². The van der Waals surface area contributed by atoms with Crippen LogP contribution in [0.4, 0.5) is 5.69 Å². The number of rotatable bonds is 6. The fourth-order valence-corrected chi connectivity index (χ4v) is 4.95. The maximum Gasteiger partial charge on any atom is 0.339 e. The smallest absolute Gasteiger partial charge is 0.339 e. The predicted molar refractivity (Wildman–Crippen MR) is 109 cm³/mol. The van der Waals surface area contributed by atoms with Crippen molar-refractivity contribution in [3.63, 3.8) is 0 Å². The van der Waals surface area contributed by atoms with E-state index in [-0.39, 0.29) is 11.1 Å². The van der Waals surface area contributed by atoms with E-state index in [1.807, 2.05) is 0 Å². The largest absolute Gasteiger partial charge is 0.478 e. The molecule has 0 saturated carbocycles. The Balaban J connectivity index is 2.25. The molecule has 0 spiro atoms. The number of benzene rings is 3. The molecule has 0 bridgehead atoms. The fraction of sp³-hybridized carbons (Fsp3) is 0. The molecule has 0 aliphatic rings. The van der Waals surface area contributed by atoms with E-state index in [1.54, 1.807) is 0 Å². The molecular formula is C17H13NO11S3. The summed E-state index contributed by atoms with van der Waals surface area (Å²) < 4.78 is 95.3. The summed E-state index contributed by atoms with van der Waals surface area (Å²) in [6.07, 6.45) is 0. The van der Waals surface area contributed by atoms with Crippen molar-refractivity contribution in [3.8, 4) is 5.75 Å². The summed E-state index contributed by atoms with van der Waals surface area (Å²) in [5, 5.41) is 8.42. The number of hydrogen-bond donors (Lipinski definition) is 4. The van der Waals surface area contributed by atoms with Gasteiger partial charge < -0.3 is 15.0 Å². The van der Waals surface area contributed by atoms with Crippen molar-refractivity contribution in [3.05, 3.63) is 54.1 Å². The minimum absolute atomic E-state index is 0.211. The Hall–Kier alpha value is -3.24. The van der Waals surface area contributed by atoms with Crippen molar-refractivity contribution in [1.82, 2.24) is 0 Å². The molecule has 12 nitrogen and oxygen atoms in total. The van der Waals surface area contributed by atoms with Crippen LogP contribution in [-0.4, -0.2) is 45.4 Å². The lowest BCUT2D eigenvalue weighted by molar-refractivity contribution is 0.0697. The number of hydrogen-bond acceptors (Lipinski definition) is 9. The van der Waals surface area contributed by atoms with Gasteiger partial charge in [-0.15, -0.1) is 0 Å². The molecule has 0 atom stereocenters. The Morgan fingerprint density at radius 2 is 1.41 bits per heavy atom. The second kappa shape index (κ2) is 7.72. The van der Waals surface area contributed by atoms with Crippen molar-refractivity contribution >= 4 is 52.8 Å². The van der Waals surface area contributed by atoms with Gasteiger partial charge in [0, 0.05) is 16.5 Å². The zero-order chi connectivity index (χ0) is 24.1. The highest BCUT2D eigenvalue weighted by molar-refractivity contribution is 7.87. The molecule has 0 unspecified atom stereocenters. The van der Waals surface area contributed by atoms with Crippen LogP contribution < -0.4 is 9.92 Å². The molecule has 3 aromatic carbocycles. The normalized spacial score (nSPS) is 12.6. The van der Waals surface area contributed by atoms with Gasteiger partial charge in [0.05, 0.1) is 10.5 Å². The third-order valence-electron chi connectivity index (χ3n) is 4.23. The minimum atomic E-state index is -4.81. The second-order valence-corrected chi connectivity index (χ2v) is 10.7. The van der Waals surface area contributed by atoms with E-state index in [0.29, 0.717) is 0 Å². The van der Waals surface area contributed by atoms with E-state index in [4.69, 9.17) is 15.0 Å². The van der Waals surface area contributed by atoms with E-state index in [1.165, 1.54) is 0 Å². The molecule has 170 valence electrons. The Labute approximate surface area is 181 Å². The van der Waals surface area contributed by atoms with Crippen LogP contribution in [-0.2, 0) is 30.4 Å². The van der Waals surface area contributed by atoms with Crippen LogP contribution in [0.15, 0.2) is 63.2 Å². The van der Waals surface area contributed by atoms with Crippen LogP contribution >= 0.6 is 0 Å². The van der Waals surface area contributed by atoms with Crippen molar-refractivity contribution in [2.24, 2.45) is 0 Å². The Kier molecular flexibility index (Phi) is 5.65. The maximum absolute atomic E-state index is 12.7. The van der Waals surface area contributed by atoms with Gasteiger partial charge in [-0.1, -0.05) is 6.07 Å². The summed E-state index contributed by atoms with van der Waals surface area (Å²) in [7, 11) is -14.3. The quantitative estimate of drug-likeness (QED) is 0.213. The van der Waals surface area contributed by atoms with Gasteiger partial charge in [-0.2, -0.15) is 25.3 Å². The molecule has 0 amide bonds. The van der Waals surface area contributed by atoms with Gasteiger partial charge >= 0.3 is 16.1 Å². The standard InChI is InChI=1S/C17H13NO11S3/c18-14-4-2-10(8-13(14)17(19)20)32(27,28)29-15-5-6-16(31(24,25)26)11-3-1-9(7-12(11)15)30(21,22)23/h1-8H,18H2,(H,19,20)(H,21,22,23)(H,24,25,26). The topological polar surface area (TPSA) is 215 Å². The minimum Gasteiger partial charge on any atom is -0.478 e. The Morgan fingerprint density at radius 3 is 1.97 bits per heavy atom. The second-order valence-electron chi connectivity index (χ2n) is 6.31. The number of carboxylic acids is 1. The van der Waals surface area contributed by atoms with E-state index in [9.17, 15) is 39.2 Å². The number of fused-ring (bicyclic) bond motifs is 1. The third-order valence-corrected chi connectivity index (χ3v) is 7.22. The lowest BCUT2D eigenvalue weighted by atomic mass is 10.1. The molecule has 0 radical (unpaired) electrons. The van der Waals surface area contributed by atoms with Crippen molar-refractivity contribution in [2.75, 3.05) is 5.73 Å². The van der Waals surface area contributed by atoms with Crippen LogP contribution in [0.1, 0.15) is 10.4 Å². The van der Waals surface area contributed by atoms with Gasteiger partial charge in [0.25, 0.3) is 20.2 Å². The average Bonchev–Trinajstić information content (AvgIpc) is 2.65. The molecule has 3 aromatic rings. The lowest BCUT2D eigenvalue weighted by Crippen LogP contribution is -2.12. The monoisotopic (exact) mass is 503 g/mol. The number of carboxylic acid groups (broad SMARTS) is 1. The van der Waals surface area contributed by atoms with Gasteiger partial charge in [0.2, 0.25) is 0 Å². The highest BCUT2D eigenvalue weighted by Gasteiger charge is 2.24. The molecule has 0 heterocycles.